The van der Waals surface area contributed by atoms with Crippen LogP contribution < -0.4 is 5.32 Å². The summed E-state index contributed by atoms with van der Waals surface area (Å²) in [5.41, 5.74) is 1.51. The number of imide groups is 1. The van der Waals surface area contributed by atoms with Crippen molar-refractivity contribution in [3.63, 3.8) is 0 Å². The first-order chi connectivity index (χ1) is 13.1. The van der Waals surface area contributed by atoms with Crippen molar-refractivity contribution < 1.29 is 14.4 Å². The lowest BCUT2D eigenvalue weighted by molar-refractivity contribution is -0.157. The summed E-state index contributed by atoms with van der Waals surface area (Å²) in [7, 11) is 0. The third-order valence-electron chi connectivity index (χ3n) is 5.62. The van der Waals surface area contributed by atoms with Crippen molar-refractivity contribution in [1.29, 1.82) is 0 Å². The van der Waals surface area contributed by atoms with E-state index in [0.717, 1.165) is 16.8 Å². The van der Waals surface area contributed by atoms with E-state index in [2.05, 4.69) is 10.5 Å². The van der Waals surface area contributed by atoms with E-state index < -0.39 is 11.1 Å². The van der Waals surface area contributed by atoms with Gasteiger partial charge in [0.25, 0.3) is 5.91 Å². The number of hydrogen-bond donors (Lipinski definition) is 1. The molecule has 2 spiro atoms. The number of benzene rings is 2. The van der Waals surface area contributed by atoms with Gasteiger partial charge < -0.3 is 10.2 Å². The van der Waals surface area contributed by atoms with E-state index in [9.17, 15) is 9.59 Å². The normalized spacial score (nSPS) is 28.9. The van der Waals surface area contributed by atoms with Crippen LogP contribution in [0, 0.1) is 0 Å². The molecule has 2 heterocycles. The van der Waals surface area contributed by atoms with Crippen molar-refractivity contribution in [2.24, 2.45) is 5.16 Å². The SMILES string of the molecule is O=C1NC2(CC3(CC(c4ccccc4)=NO3)C2)C(=O)N1Cc1ccccc1. The van der Waals surface area contributed by atoms with Crippen molar-refractivity contribution in [3.8, 4) is 0 Å². The van der Waals surface area contributed by atoms with E-state index in [-0.39, 0.29) is 18.5 Å². The zero-order chi connectivity index (χ0) is 18.5. The summed E-state index contributed by atoms with van der Waals surface area (Å²) >= 11 is 0. The lowest BCUT2D eigenvalue weighted by atomic mass is 9.62. The molecule has 27 heavy (non-hydrogen) atoms. The number of rotatable bonds is 3. The molecule has 5 rings (SSSR count). The molecule has 0 radical (unpaired) electrons. The number of nitrogens with one attached hydrogen (secondary N) is 1. The Kier molecular flexibility index (Phi) is 3.37. The Morgan fingerprint density at radius 1 is 1.00 bits per heavy atom. The predicted molar refractivity (Wildman–Crippen MR) is 98.9 cm³/mol. The van der Waals surface area contributed by atoms with Gasteiger partial charge in [-0.25, -0.2) is 4.79 Å². The van der Waals surface area contributed by atoms with Crippen LogP contribution in [-0.4, -0.2) is 33.7 Å². The fraction of sp³-hybridized carbons (Fsp3) is 0.286. The zero-order valence-corrected chi connectivity index (χ0v) is 14.7. The summed E-state index contributed by atoms with van der Waals surface area (Å²) in [6.45, 7) is 0.285. The van der Waals surface area contributed by atoms with Crippen LogP contribution in [0.15, 0.2) is 65.8 Å². The number of hydrogen-bond acceptors (Lipinski definition) is 4. The smallest absolute Gasteiger partial charge is 0.325 e. The van der Waals surface area contributed by atoms with Crippen molar-refractivity contribution in [1.82, 2.24) is 10.2 Å². The highest BCUT2D eigenvalue weighted by Gasteiger charge is 2.67. The predicted octanol–water partition coefficient (Wildman–Crippen LogP) is 2.83. The maximum Gasteiger partial charge on any atom is 0.325 e. The fourth-order valence-electron chi connectivity index (χ4n) is 4.37. The van der Waals surface area contributed by atoms with E-state index in [0.29, 0.717) is 19.3 Å². The second kappa shape index (κ2) is 5.67. The van der Waals surface area contributed by atoms with Gasteiger partial charge in [0.15, 0.2) is 0 Å². The van der Waals surface area contributed by atoms with E-state index in [1.165, 1.54) is 4.90 Å². The molecule has 2 fully saturated rings. The number of nitrogens with zero attached hydrogens (tertiary/aromatic N) is 2. The maximum absolute atomic E-state index is 13.0. The van der Waals surface area contributed by atoms with Crippen molar-refractivity contribution in [3.05, 3.63) is 71.8 Å². The average molecular weight is 361 g/mol. The Morgan fingerprint density at radius 2 is 1.67 bits per heavy atom. The standard InChI is InChI=1S/C21H19N3O3/c25-18-21(22-19(26)24(18)12-15-7-3-1-4-8-15)13-20(14-21)11-17(23-27-20)16-9-5-2-6-10-16/h1-10H,11-14H2,(H,22,26). The Bertz CT molecular complexity index is 934. The van der Waals surface area contributed by atoms with Gasteiger partial charge in [-0.05, 0) is 11.1 Å². The van der Waals surface area contributed by atoms with Crippen LogP contribution in [0.2, 0.25) is 0 Å². The molecule has 136 valence electrons. The first kappa shape index (κ1) is 16.1. The molecule has 3 aliphatic rings. The topological polar surface area (TPSA) is 71.0 Å². The molecule has 3 amide bonds. The van der Waals surface area contributed by atoms with Crippen LogP contribution in [0.5, 0.6) is 0 Å². The first-order valence-electron chi connectivity index (χ1n) is 9.08. The van der Waals surface area contributed by atoms with Gasteiger partial charge in [0.1, 0.15) is 11.1 Å². The lowest BCUT2D eigenvalue weighted by Crippen LogP contribution is -2.65. The molecule has 0 aromatic heterocycles. The molecule has 1 saturated heterocycles. The maximum atomic E-state index is 13.0. The Hall–Kier alpha value is -3.15. The van der Waals surface area contributed by atoms with E-state index in [1.54, 1.807) is 0 Å². The van der Waals surface area contributed by atoms with Gasteiger partial charge in [0.05, 0.1) is 12.3 Å². The van der Waals surface area contributed by atoms with Gasteiger partial charge in [-0.3, -0.25) is 9.69 Å². The number of carbonyl (C=O) groups excluding carboxylic acids is 2. The van der Waals surface area contributed by atoms with Crippen LogP contribution in [0.25, 0.3) is 0 Å². The molecule has 1 N–H and O–H groups in total. The van der Waals surface area contributed by atoms with Crippen molar-refractivity contribution >= 4 is 17.6 Å². The monoisotopic (exact) mass is 361 g/mol. The van der Waals surface area contributed by atoms with E-state index in [1.807, 2.05) is 60.7 Å². The highest BCUT2D eigenvalue weighted by Crippen LogP contribution is 2.52. The molecule has 0 unspecified atom stereocenters. The van der Waals surface area contributed by atoms with Crippen LogP contribution in [0.4, 0.5) is 4.79 Å². The van der Waals surface area contributed by atoms with E-state index in [4.69, 9.17) is 4.84 Å². The van der Waals surface area contributed by atoms with Crippen molar-refractivity contribution in [2.75, 3.05) is 0 Å². The summed E-state index contributed by atoms with van der Waals surface area (Å²) in [5.74, 6) is -0.168. The summed E-state index contributed by atoms with van der Waals surface area (Å²) in [4.78, 5) is 32.4. The molecule has 1 aliphatic carbocycles. The van der Waals surface area contributed by atoms with Gasteiger partial charge in [0, 0.05) is 19.3 Å². The summed E-state index contributed by atoms with van der Waals surface area (Å²) < 4.78 is 0. The Morgan fingerprint density at radius 3 is 2.37 bits per heavy atom. The summed E-state index contributed by atoms with van der Waals surface area (Å²) in [6, 6.07) is 19.1. The highest BCUT2D eigenvalue weighted by molar-refractivity contribution is 6.08. The minimum absolute atomic E-state index is 0.168. The molecule has 6 nitrogen and oxygen atoms in total. The quantitative estimate of drug-likeness (QED) is 0.855. The molecule has 2 aliphatic heterocycles. The molecule has 0 atom stereocenters. The van der Waals surface area contributed by atoms with Gasteiger partial charge in [-0.2, -0.15) is 0 Å². The van der Waals surface area contributed by atoms with Gasteiger partial charge in [-0.1, -0.05) is 65.8 Å². The highest BCUT2D eigenvalue weighted by atomic mass is 16.7. The van der Waals surface area contributed by atoms with Crippen LogP contribution >= 0.6 is 0 Å². The molecule has 1 saturated carbocycles. The minimum atomic E-state index is -0.854. The lowest BCUT2D eigenvalue weighted by Gasteiger charge is -2.48. The van der Waals surface area contributed by atoms with Gasteiger partial charge >= 0.3 is 6.03 Å². The Balaban J connectivity index is 1.29. The third kappa shape index (κ3) is 2.51. The third-order valence-corrected chi connectivity index (χ3v) is 5.62. The molecule has 2 aromatic rings. The largest absolute Gasteiger partial charge is 0.388 e. The zero-order valence-electron chi connectivity index (χ0n) is 14.7. The Labute approximate surface area is 156 Å². The van der Waals surface area contributed by atoms with Crippen LogP contribution in [0.3, 0.4) is 0 Å². The summed E-state index contributed by atoms with van der Waals surface area (Å²) in [5, 5.41) is 7.14. The molecule has 6 heteroatoms. The second-order valence-corrected chi connectivity index (χ2v) is 7.60. The van der Waals surface area contributed by atoms with Gasteiger partial charge in [-0.15, -0.1) is 0 Å². The van der Waals surface area contributed by atoms with E-state index >= 15 is 0 Å². The number of carbonyl (C=O) groups is 2. The molecular formula is C21H19N3O3. The number of amides is 3. The molecule has 0 bridgehead atoms. The average Bonchev–Trinajstić information content (AvgIpc) is 3.20. The van der Waals surface area contributed by atoms with Crippen LogP contribution in [-0.2, 0) is 16.2 Å². The number of oxime groups is 1. The molecular weight excluding hydrogens is 342 g/mol. The number of urea groups is 1. The minimum Gasteiger partial charge on any atom is -0.388 e. The summed E-state index contributed by atoms with van der Waals surface area (Å²) in [6.07, 6.45) is 1.56. The second-order valence-electron chi connectivity index (χ2n) is 7.60. The molecule has 2 aromatic carbocycles. The van der Waals surface area contributed by atoms with Crippen LogP contribution in [0.1, 0.15) is 30.4 Å². The fourth-order valence-corrected chi connectivity index (χ4v) is 4.37. The van der Waals surface area contributed by atoms with Gasteiger partial charge in [0.2, 0.25) is 0 Å². The first-order valence-corrected chi connectivity index (χ1v) is 9.08. The van der Waals surface area contributed by atoms with Crippen molar-refractivity contribution in [2.45, 2.75) is 36.9 Å².